The first-order chi connectivity index (χ1) is 16.1. The molecule has 174 valence electrons. The molecule has 0 unspecified atom stereocenters. The molecule has 1 saturated carbocycles. The molecule has 5 rings (SSSR count). The Morgan fingerprint density at radius 2 is 1.48 bits per heavy atom. The Balaban J connectivity index is 1.27. The van der Waals surface area contributed by atoms with Gasteiger partial charge in [-0.2, -0.15) is 0 Å². The lowest BCUT2D eigenvalue weighted by atomic mass is 9.92. The number of carbonyl (C=O) groups is 2. The van der Waals surface area contributed by atoms with Crippen LogP contribution in [0.4, 0.5) is 0 Å². The van der Waals surface area contributed by atoms with Crippen LogP contribution in [0.2, 0.25) is 5.02 Å². The van der Waals surface area contributed by atoms with Crippen LogP contribution in [-0.2, 0) is 17.8 Å². The fraction of sp³-hybridized carbons (Fsp3) is 0.481. The SMILES string of the molecule is O=C(c1ccc(Cl)cc1)N1CCN([C@H](C(=O)N2CCc3ccccc3C2)C2CCCC2)CC1. The lowest BCUT2D eigenvalue weighted by Gasteiger charge is -2.43. The Kier molecular flexibility index (Phi) is 6.70. The van der Waals surface area contributed by atoms with Crippen LogP contribution in [0.25, 0.3) is 0 Å². The predicted molar refractivity (Wildman–Crippen MR) is 130 cm³/mol. The van der Waals surface area contributed by atoms with Crippen LogP contribution in [-0.4, -0.2) is 65.3 Å². The highest BCUT2D eigenvalue weighted by Gasteiger charge is 2.40. The number of benzene rings is 2. The second-order valence-corrected chi connectivity index (χ2v) is 10.0. The molecule has 3 aliphatic rings. The maximum atomic E-state index is 13.9. The third-order valence-corrected chi connectivity index (χ3v) is 7.88. The van der Waals surface area contributed by atoms with Crippen LogP contribution in [0.3, 0.4) is 0 Å². The largest absolute Gasteiger partial charge is 0.337 e. The van der Waals surface area contributed by atoms with Crippen molar-refractivity contribution < 1.29 is 9.59 Å². The van der Waals surface area contributed by atoms with E-state index in [0.717, 1.165) is 38.9 Å². The highest BCUT2D eigenvalue weighted by molar-refractivity contribution is 6.30. The van der Waals surface area contributed by atoms with Gasteiger partial charge in [0.25, 0.3) is 5.91 Å². The van der Waals surface area contributed by atoms with Crippen LogP contribution < -0.4 is 0 Å². The summed E-state index contributed by atoms with van der Waals surface area (Å²) in [7, 11) is 0. The molecule has 5 nitrogen and oxygen atoms in total. The van der Waals surface area contributed by atoms with E-state index < -0.39 is 0 Å². The van der Waals surface area contributed by atoms with Gasteiger partial charge in [0.2, 0.25) is 5.91 Å². The van der Waals surface area contributed by atoms with E-state index in [0.29, 0.717) is 36.1 Å². The molecule has 0 radical (unpaired) electrons. The highest BCUT2D eigenvalue weighted by Crippen LogP contribution is 2.33. The molecule has 2 amide bonds. The number of rotatable bonds is 4. The second kappa shape index (κ2) is 9.86. The molecule has 1 aliphatic carbocycles. The topological polar surface area (TPSA) is 43.9 Å². The van der Waals surface area contributed by atoms with Crippen molar-refractivity contribution in [3.8, 4) is 0 Å². The molecule has 2 aromatic rings. The van der Waals surface area contributed by atoms with Crippen molar-refractivity contribution in [3.63, 3.8) is 0 Å². The number of nitrogens with zero attached hydrogens (tertiary/aromatic N) is 3. The summed E-state index contributed by atoms with van der Waals surface area (Å²) in [5.74, 6) is 0.754. The molecule has 1 atom stereocenters. The summed E-state index contributed by atoms with van der Waals surface area (Å²) in [6.07, 6.45) is 5.62. The normalized spacial score (nSPS) is 20.5. The lowest BCUT2D eigenvalue weighted by molar-refractivity contribution is -0.141. The fourth-order valence-corrected chi connectivity index (χ4v) is 5.90. The van der Waals surface area contributed by atoms with Gasteiger partial charge >= 0.3 is 0 Å². The van der Waals surface area contributed by atoms with Crippen molar-refractivity contribution in [1.29, 1.82) is 0 Å². The molecule has 0 N–H and O–H groups in total. The third-order valence-electron chi connectivity index (χ3n) is 7.63. The van der Waals surface area contributed by atoms with E-state index in [1.54, 1.807) is 24.3 Å². The smallest absolute Gasteiger partial charge is 0.253 e. The number of amides is 2. The maximum absolute atomic E-state index is 13.9. The van der Waals surface area contributed by atoms with Crippen LogP contribution in [0, 0.1) is 5.92 Å². The van der Waals surface area contributed by atoms with E-state index in [1.165, 1.54) is 24.0 Å². The molecular weight excluding hydrogens is 434 g/mol. The van der Waals surface area contributed by atoms with E-state index >= 15 is 0 Å². The van der Waals surface area contributed by atoms with Gasteiger partial charge in [0.05, 0.1) is 6.04 Å². The van der Waals surface area contributed by atoms with Crippen molar-refractivity contribution in [3.05, 3.63) is 70.2 Å². The molecule has 0 bridgehead atoms. The molecule has 2 aliphatic heterocycles. The van der Waals surface area contributed by atoms with Crippen LogP contribution in [0.5, 0.6) is 0 Å². The van der Waals surface area contributed by atoms with Crippen molar-refractivity contribution in [2.45, 2.75) is 44.7 Å². The number of halogens is 1. The van der Waals surface area contributed by atoms with Crippen molar-refractivity contribution >= 4 is 23.4 Å². The number of carbonyl (C=O) groups excluding carboxylic acids is 2. The van der Waals surface area contributed by atoms with Crippen molar-refractivity contribution in [1.82, 2.24) is 14.7 Å². The average Bonchev–Trinajstić information content (AvgIpc) is 3.39. The summed E-state index contributed by atoms with van der Waals surface area (Å²) in [6, 6.07) is 15.5. The van der Waals surface area contributed by atoms with E-state index in [4.69, 9.17) is 11.6 Å². The molecule has 33 heavy (non-hydrogen) atoms. The summed E-state index contributed by atoms with van der Waals surface area (Å²) in [6.45, 7) is 4.32. The number of fused-ring (bicyclic) bond motifs is 1. The first-order valence-electron chi connectivity index (χ1n) is 12.2. The summed E-state index contributed by atoms with van der Waals surface area (Å²) < 4.78 is 0. The summed E-state index contributed by atoms with van der Waals surface area (Å²) >= 11 is 5.97. The van der Waals surface area contributed by atoms with Gasteiger partial charge in [0.15, 0.2) is 0 Å². The number of hydrogen-bond donors (Lipinski definition) is 0. The Morgan fingerprint density at radius 3 is 2.18 bits per heavy atom. The summed E-state index contributed by atoms with van der Waals surface area (Å²) in [5, 5.41) is 0.634. The molecule has 0 aromatic heterocycles. The molecular formula is C27H32ClN3O2. The van der Waals surface area contributed by atoms with Crippen LogP contribution >= 0.6 is 11.6 Å². The average molecular weight is 466 g/mol. The Morgan fingerprint density at radius 1 is 0.818 bits per heavy atom. The zero-order valence-electron chi connectivity index (χ0n) is 19.1. The van der Waals surface area contributed by atoms with Gasteiger partial charge in [-0.1, -0.05) is 48.7 Å². The molecule has 1 saturated heterocycles. The van der Waals surface area contributed by atoms with E-state index in [1.807, 2.05) is 4.90 Å². The third kappa shape index (κ3) is 4.80. The Hall–Kier alpha value is -2.37. The predicted octanol–water partition coefficient (Wildman–Crippen LogP) is 4.24. The first kappa shape index (κ1) is 22.4. The molecule has 0 spiro atoms. The van der Waals surface area contributed by atoms with Crippen LogP contribution in [0.15, 0.2) is 48.5 Å². The van der Waals surface area contributed by atoms with Gasteiger partial charge in [-0.25, -0.2) is 0 Å². The monoisotopic (exact) mass is 465 g/mol. The summed E-state index contributed by atoms with van der Waals surface area (Å²) in [4.78, 5) is 33.1. The fourth-order valence-electron chi connectivity index (χ4n) is 5.78. The summed E-state index contributed by atoms with van der Waals surface area (Å²) in [5.41, 5.74) is 3.32. The quantitative estimate of drug-likeness (QED) is 0.678. The number of hydrogen-bond acceptors (Lipinski definition) is 3. The minimum atomic E-state index is -0.0643. The van der Waals surface area contributed by atoms with Gasteiger partial charge in [-0.3, -0.25) is 14.5 Å². The van der Waals surface area contributed by atoms with E-state index in [2.05, 4.69) is 34.1 Å². The standard InChI is InChI=1S/C27H32ClN3O2/c28-24-11-9-22(10-12-24)26(32)30-17-15-29(16-18-30)25(21-6-2-3-7-21)27(33)31-14-13-20-5-1-4-8-23(20)19-31/h1,4-5,8-12,21,25H,2-3,6-7,13-19H2/t25-/m0/s1. The molecule has 6 heteroatoms. The van der Waals surface area contributed by atoms with Crippen molar-refractivity contribution in [2.75, 3.05) is 32.7 Å². The maximum Gasteiger partial charge on any atom is 0.253 e. The van der Waals surface area contributed by atoms with Gasteiger partial charge in [0.1, 0.15) is 0 Å². The van der Waals surface area contributed by atoms with Gasteiger partial charge in [-0.05, 0) is 60.6 Å². The Labute approximate surface area is 201 Å². The molecule has 2 fully saturated rings. The van der Waals surface area contributed by atoms with Gasteiger partial charge in [-0.15, -0.1) is 0 Å². The second-order valence-electron chi connectivity index (χ2n) is 9.60. The lowest BCUT2D eigenvalue weighted by Crippen LogP contribution is -2.58. The van der Waals surface area contributed by atoms with Gasteiger partial charge < -0.3 is 9.80 Å². The zero-order valence-corrected chi connectivity index (χ0v) is 19.8. The molecule has 2 aromatic carbocycles. The van der Waals surface area contributed by atoms with Crippen LogP contribution in [0.1, 0.15) is 47.2 Å². The van der Waals surface area contributed by atoms with Gasteiger partial charge in [0, 0.05) is 49.9 Å². The van der Waals surface area contributed by atoms with E-state index in [-0.39, 0.29) is 17.9 Å². The first-order valence-corrected chi connectivity index (χ1v) is 12.6. The van der Waals surface area contributed by atoms with E-state index in [9.17, 15) is 9.59 Å². The number of piperazine rings is 1. The minimum absolute atomic E-state index is 0.0442. The molecule has 2 heterocycles. The minimum Gasteiger partial charge on any atom is -0.337 e. The Bertz CT molecular complexity index is 995. The highest BCUT2D eigenvalue weighted by atomic mass is 35.5. The van der Waals surface area contributed by atoms with Crippen molar-refractivity contribution in [2.24, 2.45) is 5.92 Å². The zero-order chi connectivity index (χ0) is 22.8.